The predicted molar refractivity (Wildman–Crippen MR) is 56.6 cm³/mol. The van der Waals surface area contributed by atoms with E-state index in [-0.39, 0.29) is 11.9 Å². The van der Waals surface area contributed by atoms with E-state index in [2.05, 4.69) is 4.37 Å². The highest BCUT2D eigenvalue weighted by molar-refractivity contribution is 7.08. The number of ether oxygens (including phenoxy) is 2. The highest BCUT2D eigenvalue weighted by atomic mass is 32.1. The molecule has 0 spiro atoms. The van der Waals surface area contributed by atoms with Gasteiger partial charge in [-0.1, -0.05) is 0 Å². The van der Waals surface area contributed by atoms with Gasteiger partial charge in [0, 0.05) is 12.7 Å². The minimum absolute atomic E-state index is 0.0375. The van der Waals surface area contributed by atoms with Crippen molar-refractivity contribution in [1.29, 1.82) is 0 Å². The van der Waals surface area contributed by atoms with Gasteiger partial charge in [0.05, 0.1) is 12.0 Å². The van der Waals surface area contributed by atoms with E-state index in [1.807, 2.05) is 0 Å². The monoisotopic (exact) mass is 227 g/mol. The highest BCUT2D eigenvalue weighted by Crippen LogP contribution is 2.22. The number of carbonyl (C=O) groups is 1. The molecule has 1 saturated heterocycles. The Labute approximate surface area is 92.4 Å². The number of Topliss-reactive ketones (excluding diaryl/α,β-unsaturated/α-hetero) is 1. The lowest BCUT2D eigenvalue weighted by Crippen LogP contribution is -2.27. The van der Waals surface area contributed by atoms with Gasteiger partial charge in [-0.25, -0.2) is 0 Å². The van der Waals surface area contributed by atoms with Gasteiger partial charge >= 0.3 is 0 Å². The van der Waals surface area contributed by atoms with E-state index >= 15 is 0 Å². The van der Waals surface area contributed by atoms with E-state index in [0.29, 0.717) is 17.4 Å². The fraction of sp³-hybridized carbons (Fsp3) is 0.600. The number of rotatable bonds is 3. The van der Waals surface area contributed by atoms with Crippen molar-refractivity contribution in [2.75, 3.05) is 13.7 Å². The lowest BCUT2D eigenvalue weighted by Gasteiger charge is -2.20. The molecule has 0 amide bonds. The third kappa shape index (κ3) is 2.35. The summed E-state index contributed by atoms with van der Waals surface area (Å²) in [4.78, 5) is 12.5. The van der Waals surface area contributed by atoms with Gasteiger partial charge in [-0.15, -0.1) is 0 Å². The van der Waals surface area contributed by atoms with Crippen molar-refractivity contribution < 1.29 is 14.3 Å². The summed E-state index contributed by atoms with van der Waals surface area (Å²) < 4.78 is 14.4. The zero-order valence-electron chi connectivity index (χ0n) is 8.56. The molecule has 2 rings (SSSR count). The fourth-order valence-corrected chi connectivity index (χ4v) is 2.27. The van der Waals surface area contributed by atoms with Crippen LogP contribution in [0.1, 0.15) is 28.9 Å². The number of nitrogens with zero attached hydrogens (tertiary/aromatic N) is 1. The zero-order valence-corrected chi connectivity index (χ0v) is 9.38. The zero-order chi connectivity index (χ0) is 10.7. The van der Waals surface area contributed by atoms with Gasteiger partial charge in [-0.3, -0.25) is 4.79 Å². The lowest BCUT2D eigenvalue weighted by molar-refractivity contribution is 0.0189. The summed E-state index contributed by atoms with van der Waals surface area (Å²) >= 11 is 1.17. The molecule has 1 fully saturated rings. The average Bonchev–Trinajstić information content (AvgIpc) is 2.78. The first-order valence-corrected chi connectivity index (χ1v) is 5.75. The van der Waals surface area contributed by atoms with E-state index < -0.39 is 0 Å². The largest absolute Gasteiger partial charge is 0.480 e. The van der Waals surface area contributed by atoms with E-state index in [9.17, 15) is 4.79 Å². The molecule has 4 nitrogen and oxygen atoms in total. The standard InChI is InChI=1S/C10H13NO3S/c1-13-9-6-8(15-11-9)10(12)7-4-2-3-5-14-7/h6-7H,2-5H2,1H3. The summed E-state index contributed by atoms with van der Waals surface area (Å²) in [7, 11) is 1.54. The summed E-state index contributed by atoms with van der Waals surface area (Å²) in [6, 6.07) is 1.67. The first-order chi connectivity index (χ1) is 7.31. The van der Waals surface area contributed by atoms with Crippen molar-refractivity contribution in [3.8, 4) is 5.88 Å². The van der Waals surface area contributed by atoms with Crippen LogP contribution in [0.4, 0.5) is 0 Å². The molecule has 5 heteroatoms. The van der Waals surface area contributed by atoms with Gasteiger partial charge in [-0.2, -0.15) is 4.37 Å². The predicted octanol–water partition coefficient (Wildman–Crippen LogP) is 1.90. The van der Waals surface area contributed by atoms with Crippen molar-refractivity contribution in [3.05, 3.63) is 10.9 Å². The van der Waals surface area contributed by atoms with Crippen LogP contribution in [0.15, 0.2) is 6.07 Å². The second kappa shape index (κ2) is 4.72. The lowest BCUT2D eigenvalue weighted by atomic mass is 10.0. The molecule has 1 aromatic heterocycles. The van der Waals surface area contributed by atoms with Gasteiger partial charge in [-0.05, 0) is 30.8 Å². The number of ketones is 1. The number of methoxy groups -OCH3 is 1. The molecule has 2 heterocycles. The summed E-state index contributed by atoms with van der Waals surface area (Å²) in [6.07, 6.45) is 2.66. The number of hydrogen-bond acceptors (Lipinski definition) is 5. The molecule has 1 aliphatic heterocycles. The summed E-state index contributed by atoms with van der Waals surface area (Å²) in [5, 5.41) is 0. The average molecular weight is 227 g/mol. The van der Waals surface area contributed by atoms with Crippen LogP contribution >= 0.6 is 11.5 Å². The summed E-state index contributed by atoms with van der Waals surface area (Å²) in [6.45, 7) is 0.687. The van der Waals surface area contributed by atoms with Crippen LogP contribution in [0.2, 0.25) is 0 Å². The maximum atomic E-state index is 11.9. The third-order valence-electron chi connectivity index (χ3n) is 2.41. The van der Waals surface area contributed by atoms with Crippen LogP contribution in [-0.4, -0.2) is 30.0 Å². The van der Waals surface area contributed by atoms with Crippen molar-refractivity contribution in [2.45, 2.75) is 25.4 Å². The molecule has 1 unspecified atom stereocenters. The molecular weight excluding hydrogens is 214 g/mol. The summed E-state index contributed by atoms with van der Waals surface area (Å²) in [5.41, 5.74) is 0. The van der Waals surface area contributed by atoms with Gasteiger partial charge < -0.3 is 9.47 Å². The smallest absolute Gasteiger partial charge is 0.225 e. The number of hydrogen-bond donors (Lipinski definition) is 0. The molecule has 82 valence electrons. The fourth-order valence-electron chi connectivity index (χ4n) is 1.58. The Morgan fingerprint density at radius 3 is 3.13 bits per heavy atom. The molecule has 15 heavy (non-hydrogen) atoms. The van der Waals surface area contributed by atoms with Crippen LogP contribution in [0.3, 0.4) is 0 Å². The molecule has 1 aromatic rings. The maximum Gasteiger partial charge on any atom is 0.225 e. The molecule has 0 aromatic carbocycles. The number of carbonyl (C=O) groups excluding carboxylic acids is 1. The molecule has 0 N–H and O–H groups in total. The second-order valence-corrected chi connectivity index (χ2v) is 4.26. The minimum atomic E-state index is -0.274. The van der Waals surface area contributed by atoms with Crippen molar-refractivity contribution in [3.63, 3.8) is 0 Å². The molecule has 1 atom stereocenters. The van der Waals surface area contributed by atoms with Crippen LogP contribution < -0.4 is 4.74 Å². The first kappa shape index (κ1) is 10.6. The van der Waals surface area contributed by atoms with E-state index in [1.165, 1.54) is 11.5 Å². The molecule has 0 bridgehead atoms. The highest BCUT2D eigenvalue weighted by Gasteiger charge is 2.25. The summed E-state index contributed by atoms with van der Waals surface area (Å²) in [5.74, 6) is 0.537. The van der Waals surface area contributed by atoms with Gasteiger partial charge in [0.2, 0.25) is 11.7 Å². The Morgan fingerprint density at radius 1 is 1.67 bits per heavy atom. The minimum Gasteiger partial charge on any atom is -0.480 e. The Hall–Kier alpha value is -0.940. The van der Waals surface area contributed by atoms with Gasteiger partial charge in [0.1, 0.15) is 6.10 Å². The van der Waals surface area contributed by atoms with Gasteiger partial charge in [0.15, 0.2) is 0 Å². The quantitative estimate of drug-likeness (QED) is 0.740. The van der Waals surface area contributed by atoms with Crippen LogP contribution in [-0.2, 0) is 4.74 Å². The van der Waals surface area contributed by atoms with Crippen LogP contribution in [0, 0.1) is 0 Å². The normalized spacial score (nSPS) is 21.3. The van der Waals surface area contributed by atoms with E-state index in [4.69, 9.17) is 9.47 Å². The van der Waals surface area contributed by atoms with Crippen molar-refractivity contribution in [1.82, 2.24) is 4.37 Å². The SMILES string of the molecule is COc1cc(C(=O)C2CCCCO2)sn1. The third-order valence-corrected chi connectivity index (χ3v) is 3.20. The Bertz CT molecular complexity index is 344. The molecule has 1 aliphatic rings. The molecular formula is C10H13NO3S. The molecule has 0 aliphatic carbocycles. The molecule has 0 radical (unpaired) electrons. The first-order valence-electron chi connectivity index (χ1n) is 4.98. The van der Waals surface area contributed by atoms with Crippen molar-refractivity contribution in [2.24, 2.45) is 0 Å². The maximum absolute atomic E-state index is 11.9. The Morgan fingerprint density at radius 2 is 2.53 bits per heavy atom. The van der Waals surface area contributed by atoms with Crippen LogP contribution in [0.5, 0.6) is 5.88 Å². The van der Waals surface area contributed by atoms with Gasteiger partial charge in [0.25, 0.3) is 0 Å². The van der Waals surface area contributed by atoms with Crippen molar-refractivity contribution >= 4 is 17.3 Å². The Kier molecular flexibility index (Phi) is 3.33. The number of aromatic nitrogens is 1. The molecule has 0 saturated carbocycles. The van der Waals surface area contributed by atoms with E-state index in [0.717, 1.165) is 19.3 Å². The van der Waals surface area contributed by atoms with E-state index in [1.54, 1.807) is 13.2 Å². The Balaban J connectivity index is 2.05. The topological polar surface area (TPSA) is 48.4 Å². The van der Waals surface area contributed by atoms with Crippen LogP contribution in [0.25, 0.3) is 0 Å². The second-order valence-electron chi connectivity index (χ2n) is 3.45.